The van der Waals surface area contributed by atoms with Crippen molar-refractivity contribution < 1.29 is 0 Å². The number of halogens is 1. The van der Waals surface area contributed by atoms with Gasteiger partial charge in [0.2, 0.25) is 0 Å². The summed E-state index contributed by atoms with van der Waals surface area (Å²) in [6.45, 7) is 2.23. The molecule has 1 aliphatic carbocycles. The highest BCUT2D eigenvalue weighted by Crippen LogP contribution is 2.54. The van der Waals surface area contributed by atoms with Crippen molar-refractivity contribution in [1.29, 1.82) is 0 Å². The molecule has 1 saturated carbocycles. The highest BCUT2D eigenvalue weighted by molar-refractivity contribution is 7.14. The summed E-state index contributed by atoms with van der Waals surface area (Å²) in [6, 6.07) is 2.18. The van der Waals surface area contributed by atoms with Gasteiger partial charge in [0, 0.05) is 6.04 Å². The van der Waals surface area contributed by atoms with Crippen molar-refractivity contribution in [1.82, 2.24) is 0 Å². The van der Waals surface area contributed by atoms with E-state index >= 15 is 0 Å². The Kier molecular flexibility index (Phi) is 1.94. The zero-order valence-corrected chi connectivity index (χ0v) is 8.58. The van der Waals surface area contributed by atoms with E-state index in [2.05, 4.69) is 6.92 Å². The molecule has 0 bridgehead atoms. The van der Waals surface area contributed by atoms with Crippen LogP contribution in [0, 0.1) is 5.41 Å². The molecule has 1 aromatic rings. The van der Waals surface area contributed by atoms with Gasteiger partial charge in [-0.1, -0.05) is 18.5 Å². The summed E-state index contributed by atoms with van der Waals surface area (Å²) in [5, 5.41) is 2.00. The van der Waals surface area contributed by atoms with E-state index in [4.69, 9.17) is 17.3 Å². The smallest absolute Gasteiger partial charge is 0.0976 e. The quantitative estimate of drug-likeness (QED) is 0.782. The zero-order valence-electron chi connectivity index (χ0n) is 7.01. The summed E-state index contributed by atoms with van der Waals surface area (Å²) in [5.41, 5.74) is 7.55. The van der Waals surface area contributed by atoms with E-state index in [1.54, 1.807) is 11.3 Å². The van der Waals surface area contributed by atoms with Crippen LogP contribution in [0.3, 0.4) is 0 Å². The Hall–Kier alpha value is -0.0500. The third-order valence-corrected chi connectivity index (χ3v) is 3.97. The van der Waals surface area contributed by atoms with Crippen LogP contribution in [0.25, 0.3) is 0 Å². The molecule has 0 saturated heterocycles. The molecular formula is C9H12ClNS. The molecule has 2 rings (SSSR count). The number of rotatable bonds is 2. The summed E-state index contributed by atoms with van der Waals surface area (Å²) in [5.74, 6) is 0. The molecular weight excluding hydrogens is 190 g/mol. The Labute approximate surface area is 81.5 Å². The normalized spacial score (nSPS) is 22.2. The molecule has 1 fully saturated rings. The van der Waals surface area contributed by atoms with E-state index in [-0.39, 0.29) is 6.04 Å². The summed E-state index contributed by atoms with van der Waals surface area (Å²) in [4.78, 5) is 0. The van der Waals surface area contributed by atoms with Gasteiger partial charge < -0.3 is 5.73 Å². The lowest BCUT2D eigenvalue weighted by molar-refractivity contribution is 0.452. The van der Waals surface area contributed by atoms with Crippen molar-refractivity contribution in [3.8, 4) is 0 Å². The lowest BCUT2D eigenvalue weighted by Crippen LogP contribution is -2.19. The van der Waals surface area contributed by atoms with Crippen molar-refractivity contribution in [3.05, 3.63) is 21.3 Å². The topological polar surface area (TPSA) is 26.0 Å². The molecule has 0 radical (unpaired) electrons. The number of hydrogen-bond acceptors (Lipinski definition) is 2. The lowest BCUT2D eigenvalue weighted by atomic mass is 9.95. The molecule has 1 aromatic heterocycles. The molecule has 1 atom stereocenters. The lowest BCUT2D eigenvalue weighted by Gasteiger charge is -2.17. The van der Waals surface area contributed by atoms with Crippen LogP contribution in [0.1, 0.15) is 31.4 Å². The van der Waals surface area contributed by atoms with Gasteiger partial charge in [0.15, 0.2) is 0 Å². The van der Waals surface area contributed by atoms with Crippen molar-refractivity contribution in [2.75, 3.05) is 0 Å². The van der Waals surface area contributed by atoms with Crippen LogP contribution in [-0.2, 0) is 0 Å². The molecule has 0 aromatic carbocycles. The summed E-state index contributed by atoms with van der Waals surface area (Å²) >= 11 is 7.57. The Morgan fingerprint density at radius 2 is 2.33 bits per heavy atom. The standard InChI is InChI=1S/C9H12ClNS/c1-9(3-4-9)7(11)6-2-5-12-8(6)10/h2,5,7H,3-4,11H2,1H3. The van der Waals surface area contributed by atoms with Gasteiger partial charge in [0.05, 0.1) is 4.34 Å². The minimum absolute atomic E-state index is 0.135. The van der Waals surface area contributed by atoms with Crippen LogP contribution in [0.4, 0.5) is 0 Å². The first-order valence-electron chi connectivity index (χ1n) is 4.12. The Bertz CT molecular complexity index is 290. The van der Waals surface area contributed by atoms with E-state index in [0.717, 1.165) is 9.90 Å². The highest BCUT2D eigenvalue weighted by atomic mass is 35.5. The van der Waals surface area contributed by atoms with Gasteiger partial charge in [-0.25, -0.2) is 0 Å². The van der Waals surface area contributed by atoms with Crippen LogP contribution >= 0.6 is 22.9 Å². The molecule has 1 heterocycles. The second-order valence-electron chi connectivity index (χ2n) is 3.78. The summed E-state index contributed by atoms with van der Waals surface area (Å²) in [7, 11) is 0. The third-order valence-electron chi connectivity index (χ3n) is 2.77. The predicted octanol–water partition coefficient (Wildman–Crippen LogP) is 3.20. The van der Waals surface area contributed by atoms with Crippen LogP contribution in [-0.4, -0.2) is 0 Å². The molecule has 3 heteroatoms. The SMILES string of the molecule is CC1(C(N)c2ccsc2Cl)CC1. The minimum atomic E-state index is 0.135. The minimum Gasteiger partial charge on any atom is -0.323 e. The van der Waals surface area contributed by atoms with Crippen LogP contribution < -0.4 is 5.73 Å². The predicted molar refractivity (Wildman–Crippen MR) is 53.6 cm³/mol. The number of thiophene rings is 1. The molecule has 0 amide bonds. The van der Waals surface area contributed by atoms with Crippen molar-refractivity contribution in [3.63, 3.8) is 0 Å². The first-order chi connectivity index (χ1) is 5.63. The van der Waals surface area contributed by atoms with E-state index in [0.29, 0.717) is 5.41 Å². The average molecular weight is 202 g/mol. The fraction of sp³-hybridized carbons (Fsp3) is 0.556. The van der Waals surface area contributed by atoms with Gasteiger partial charge >= 0.3 is 0 Å². The molecule has 2 N–H and O–H groups in total. The monoisotopic (exact) mass is 201 g/mol. The average Bonchev–Trinajstić information content (AvgIpc) is 2.63. The van der Waals surface area contributed by atoms with Gasteiger partial charge in [-0.3, -0.25) is 0 Å². The summed E-state index contributed by atoms with van der Waals surface area (Å²) in [6.07, 6.45) is 2.47. The fourth-order valence-electron chi connectivity index (χ4n) is 1.41. The Morgan fingerprint density at radius 3 is 2.75 bits per heavy atom. The second-order valence-corrected chi connectivity index (χ2v) is 5.30. The molecule has 1 aliphatic rings. The first-order valence-corrected chi connectivity index (χ1v) is 5.38. The molecule has 0 spiro atoms. The van der Waals surface area contributed by atoms with Crippen molar-refractivity contribution >= 4 is 22.9 Å². The van der Waals surface area contributed by atoms with Gasteiger partial charge in [-0.2, -0.15) is 0 Å². The van der Waals surface area contributed by atoms with Crippen LogP contribution in [0.2, 0.25) is 4.34 Å². The van der Waals surface area contributed by atoms with Gasteiger partial charge in [-0.15, -0.1) is 11.3 Å². The molecule has 1 nitrogen and oxygen atoms in total. The van der Waals surface area contributed by atoms with Crippen LogP contribution in [0.15, 0.2) is 11.4 Å². The van der Waals surface area contributed by atoms with Gasteiger partial charge in [0.25, 0.3) is 0 Å². The molecule has 0 aliphatic heterocycles. The van der Waals surface area contributed by atoms with E-state index < -0.39 is 0 Å². The molecule has 1 unspecified atom stereocenters. The van der Waals surface area contributed by atoms with Crippen molar-refractivity contribution in [2.24, 2.45) is 11.1 Å². The van der Waals surface area contributed by atoms with Gasteiger partial charge in [-0.05, 0) is 35.3 Å². The maximum absolute atomic E-state index is 6.10. The van der Waals surface area contributed by atoms with Gasteiger partial charge in [0.1, 0.15) is 0 Å². The maximum atomic E-state index is 6.10. The summed E-state index contributed by atoms with van der Waals surface area (Å²) < 4.78 is 0.857. The number of nitrogens with two attached hydrogens (primary N) is 1. The fourth-order valence-corrected chi connectivity index (χ4v) is 2.41. The molecule has 66 valence electrons. The number of hydrogen-bond donors (Lipinski definition) is 1. The Balaban J connectivity index is 2.25. The largest absolute Gasteiger partial charge is 0.323 e. The first kappa shape index (κ1) is 8.54. The van der Waals surface area contributed by atoms with E-state index in [9.17, 15) is 0 Å². The Morgan fingerprint density at radius 1 is 1.67 bits per heavy atom. The third kappa shape index (κ3) is 1.28. The second kappa shape index (κ2) is 2.72. The van der Waals surface area contributed by atoms with Crippen LogP contribution in [0.5, 0.6) is 0 Å². The van der Waals surface area contributed by atoms with E-state index in [1.807, 2.05) is 11.4 Å². The zero-order chi connectivity index (χ0) is 8.77. The maximum Gasteiger partial charge on any atom is 0.0976 e. The molecule has 12 heavy (non-hydrogen) atoms. The van der Waals surface area contributed by atoms with Crippen molar-refractivity contribution in [2.45, 2.75) is 25.8 Å². The van der Waals surface area contributed by atoms with E-state index in [1.165, 1.54) is 12.8 Å². The highest BCUT2D eigenvalue weighted by Gasteiger charge is 2.44.